The van der Waals surface area contributed by atoms with Gasteiger partial charge in [-0.3, -0.25) is 4.79 Å². The lowest BCUT2D eigenvalue weighted by molar-refractivity contribution is -0.114. The second-order valence-corrected chi connectivity index (χ2v) is 7.62. The zero-order chi connectivity index (χ0) is 18.7. The van der Waals surface area contributed by atoms with Crippen LogP contribution in [0.15, 0.2) is 53.6 Å². The van der Waals surface area contributed by atoms with Gasteiger partial charge in [0.25, 0.3) is 0 Å². The lowest BCUT2D eigenvalue weighted by Gasteiger charge is -2.08. The molecular weight excluding hydrogens is 357 g/mol. The van der Waals surface area contributed by atoms with Gasteiger partial charge >= 0.3 is 0 Å². The van der Waals surface area contributed by atoms with Crippen molar-refractivity contribution in [1.29, 1.82) is 0 Å². The first-order chi connectivity index (χ1) is 12.3. The number of anilines is 1. The maximum atomic E-state index is 13.2. The van der Waals surface area contributed by atoms with Crippen molar-refractivity contribution in [2.45, 2.75) is 18.2 Å². The minimum Gasteiger partial charge on any atom is -0.361 e. The number of hydrogen-bond acceptors (Lipinski definition) is 3. The Balaban J connectivity index is 1.65. The van der Waals surface area contributed by atoms with E-state index in [4.69, 9.17) is 0 Å². The molecule has 0 aliphatic rings. The molecule has 3 aromatic rings. The number of rotatable bonds is 6. The van der Waals surface area contributed by atoms with E-state index in [2.05, 4.69) is 15.0 Å². The second kappa shape index (κ2) is 7.27. The highest BCUT2D eigenvalue weighted by Crippen LogP contribution is 2.20. The fraction of sp³-hybridized carbons (Fsp3) is 0.167. The summed E-state index contributed by atoms with van der Waals surface area (Å²) in [5.41, 5.74) is 2.11. The molecule has 0 aliphatic heterocycles. The molecule has 6 nitrogen and oxygen atoms in total. The van der Waals surface area contributed by atoms with Gasteiger partial charge in [0.05, 0.1) is 4.90 Å². The summed E-state index contributed by atoms with van der Waals surface area (Å²) in [6.45, 7) is 1.59. The normalized spacial score (nSPS) is 11.6. The molecule has 0 spiro atoms. The number of aromatic amines is 1. The lowest BCUT2D eigenvalue weighted by Crippen LogP contribution is -2.26. The summed E-state index contributed by atoms with van der Waals surface area (Å²) < 4.78 is 40.4. The van der Waals surface area contributed by atoms with Gasteiger partial charge < -0.3 is 10.3 Å². The second-order valence-electron chi connectivity index (χ2n) is 5.86. The molecule has 0 saturated carbocycles. The number of halogens is 1. The van der Waals surface area contributed by atoms with Crippen LogP contribution in [0, 0.1) is 5.82 Å². The van der Waals surface area contributed by atoms with Crippen molar-refractivity contribution in [3.8, 4) is 0 Å². The number of amides is 1. The number of sulfonamides is 1. The summed E-state index contributed by atoms with van der Waals surface area (Å²) in [6.07, 6.45) is 2.22. The molecule has 0 radical (unpaired) electrons. The summed E-state index contributed by atoms with van der Waals surface area (Å²) in [6, 6.07) is 10.4. The van der Waals surface area contributed by atoms with E-state index in [0.717, 1.165) is 10.9 Å². The molecule has 3 N–H and O–H groups in total. The van der Waals surface area contributed by atoms with Gasteiger partial charge in [-0.1, -0.05) is 0 Å². The minimum absolute atomic E-state index is 0.118. The fourth-order valence-electron chi connectivity index (χ4n) is 2.69. The van der Waals surface area contributed by atoms with Crippen molar-refractivity contribution >= 4 is 32.5 Å². The van der Waals surface area contributed by atoms with Gasteiger partial charge in [-0.05, 0) is 54.4 Å². The third kappa shape index (κ3) is 4.09. The number of carbonyl (C=O) groups excluding carboxylic acids is 1. The molecule has 2 aromatic carbocycles. The third-order valence-corrected chi connectivity index (χ3v) is 5.38. The van der Waals surface area contributed by atoms with Crippen molar-refractivity contribution in [1.82, 2.24) is 9.71 Å². The van der Waals surface area contributed by atoms with Crippen molar-refractivity contribution in [2.75, 3.05) is 11.9 Å². The van der Waals surface area contributed by atoms with Crippen LogP contribution in [0.4, 0.5) is 10.1 Å². The van der Waals surface area contributed by atoms with Crippen LogP contribution in [0.3, 0.4) is 0 Å². The summed E-state index contributed by atoms with van der Waals surface area (Å²) in [7, 11) is -3.65. The molecule has 3 rings (SSSR count). The average molecular weight is 375 g/mol. The van der Waals surface area contributed by atoms with Crippen molar-refractivity contribution in [2.24, 2.45) is 0 Å². The van der Waals surface area contributed by atoms with E-state index in [1.807, 2.05) is 0 Å². The van der Waals surface area contributed by atoms with Gasteiger partial charge in [0.2, 0.25) is 15.9 Å². The first-order valence-electron chi connectivity index (χ1n) is 7.98. The minimum atomic E-state index is -3.65. The Morgan fingerprint density at radius 2 is 1.88 bits per heavy atom. The molecular formula is C18H18FN3O3S. The monoisotopic (exact) mass is 375 g/mol. The number of hydrogen-bond donors (Lipinski definition) is 3. The van der Waals surface area contributed by atoms with Gasteiger partial charge in [0.15, 0.2) is 0 Å². The molecule has 0 unspecified atom stereocenters. The van der Waals surface area contributed by atoms with Gasteiger partial charge in [-0.15, -0.1) is 0 Å². The molecule has 0 saturated heterocycles. The largest absolute Gasteiger partial charge is 0.361 e. The molecule has 0 fully saturated rings. The highest BCUT2D eigenvalue weighted by molar-refractivity contribution is 7.89. The Bertz CT molecular complexity index is 1040. The van der Waals surface area contributed by atoms with Crippen LogP contribution < -0.4 is 10.0 Å². The highest BCUT2D eigenvalue weighted by atomic mass is 32.2. The smallest absolute Gasteiger partial charge is 0.240 e. The summed E-state index contributed by atoms with van der Waals surface area (Å²) in [5, 5.41) is 3.45. The van der Waals surface area contributed by atoms with Crippen molar-refractivity contribution in [3.05, 3.63) is 60.0 Å². The first kappa shape index (κ1) is 18.1. The van der Waals surface area contributed by atoms with E-state index in [1.54, 1.807) is 12.3 Å². The van der Waals surface area contributed by atoms with Gasteiger partial charge in [0.1, 0.15) is 5.82 Å². The van der Waals surface area contributed by atoms with Crippen LogP contribution in [0.25, 0.3) is 10.9 Å². The van der Waals surface area contributed by atoms with E-state index in [0.29, 0.717) is 17.6 Å². The number of fused-ring (bicyclic) bond motifs is 1. The zero-order valence-corrected chi connectivity index (χ0v) is 14.9. The Morgan fingerprint density at radius 3 is 2.58 bits per heavy atom. The number of aromatic nitrogens is 1. The summed E-state index contributed by atoms with van der Waals surface area (Å²) >= 11 is 0. The Hall–Kier alpha value is -2.71. The predicted molar refractivity (Wildman–Crippen MR) is 97.9 cm³/mol. The van der Waals surface area contributed by atoms with Crippen LogP contribution >= 0.6 is 0 Å². The van der Waals surface area contributed by atoms with Crippen molar-refractivity contribution < 1.29 is 17.6 Å². The van der Waals surface area contributed by atoms with E-state index in [9.17, 15) is 17.6 Å². The van der Waals surface area contributed by atoms with Gasteiger partial charge in [-0.2, -0.15) is 0 Å². The molecule has 0 bridgehead atoms. The predicted octanol–water partition coefficient (Wildman–Crippen LogP) is 2.79. The molecule has 1 amide bonds. The molecule has 8 heteroatoms. The number of benzene rings is 2. The lowest BCUT2D eigenvalue weighted by atomic mass is 10.1. The molecule has 1 aromatic heterocycles. The number of nitrogens with one attached hydrogen (secondary N) is 3. The van der Waals surface area contributed by atoms with Crippen LogP contribution in [0.5, 0.6) is 0 Å². The van der Waals surface area contributed by atoms with E-state index in [1.165, 1.54) is 43.3 Å². The van der Waals surface area contributed by atoms with E-state index >= 15 is 0 Å². The van der Waals surface area contributed by atoms with Crippen LogP contribution in [-0.2, 0) is 21.2 Å². The number of carbonyl (C=O) groups is 1. The average Bonchev–Trinajstić information content (AvgIpc) is 2.97. The first-order valence-corrected chi connectivity index (χ1v) is 9.46. The maximum absolute atomic E-state index is 13.2. The molecule has 0 aliphatic carbocycles. The van der Waals surface area contributed by atoms with Crippen LogP contribution in [0.2, 0.25) is 0 Å². The number of H-pyrrole nitrogens is 1. The molecule has 136 valence electrons. The quantitative estimate of drug-likeness (QED) is 0.619. The molecule has 1 heterocycles. The molecule has 0 atom stereocenters. The zero-order valence-electron chi connectivity index (χ0n) is 14.0. The summed E-state index contributed by atoms with van der Waals surface area (Å²) in [4.78, 5) is 14.1. The summed E-state index contributed by atoms with van der Waals surface area (Å²) in [5.74, 6) is -0.549. The Kier molecular flexibility index (Phi) is 5.06. The SMILES string of the molecule is CC(=O)Nc1ccc(S(=O)(=O)NCCc2c[nH]c3cc(F)ccc23)cc1. The molecule has 26 heavy (non-hydrogen) atoms. The van der Waals surface area contributed by atoms with Crippen LogP contribution in [-0.4, -0.2) is 25.9 Å². The standard InChI is InChI=1S/C18H18FN3O3S/c1-12(23)22-15-3-5-16(6-4-15)26(24,25)21-9-8-13-11-20-18-10-14(19)2-7-17(13)18/h2-7,10-11,20-21H,8-9H2,1H3,(H,22,23). The Labute approximate surface area is 150 Å². The Morgan fingerprint density at radius 1 is 1.15 bits per heavy atom. The van der Waals surface area contributed by atoms with E-state index < -0.39 is 10.0 Å². The third-order valence-electron chi connectivity index (χ3n) is 3.90. The van der Waals surface area contributed by atoms with E-state index in [-0.39, 0.29) is 23.2 Å². The van der Waals surface area contributed by atoms with Crippen molar-refractivity contribution in [3.63, 3.8) is 0 Å². The van der Waals surface area contributed by atoms with Gasteiger partial charge in [-0.25, -0.2) is 17.5 Å². The van der Waals surface area contributed by atoms with Crippen LogP contribution in [0.1, 0.15) is 12.5 Å². The fourth-order valence-corrected chi connectivity index (χ4v) is 3.72. The maximum Gasteiger partial charge on any atom is 0.240 e. The van der Waals surface area contributed by atoms with Gasteiger partial charge in [0, 0.05) is 36.3 Å². The topological polar surface area (TPSA) is 91.1 Å². The highest BCUT2D eigenvalue weighted by Gasteiger charge is 2.14.